The maximum atomic E-state index is 13.4. The minimum absolute atomic E-state index is 0.0624. The topological polar surface area (TPSA) is 96.7 Å². The molecule has 0 bridgehead atoms. The number of hydrogen-bond acceptors (Lipinski definition) is 5. The predicted molar refractivity (Wildman–Crippen MR) is 123 cm³/mol. The van der Waals surface area contributed by atoms with Gasteiger partial charge in [-0.3, -0.25) is 9.48 Å². The maximum Gasteiger partial charge on any atom is 0.345 e. The van der Waals surface area contributed by atoms with E-state index in [0.29, 0.717) is 14.8 Å². The minimum atomic E-state index is -4.17. The van der Waals surface area contributed by atoms with E-state index in [1.807, 2.05) is 0 Å². The third-order valence-corrected chi connectivity index (χ3v) is 7.71. The first-order valence-electron chi connectivity index (χ1n) is 8.91. The van der Waals surface area contributed by atoms with E-state index in [1.165, 1.54) is 36.6 Å². The summed E-state index contributed by atoms with van der Waals surface area (Å²) in [6, 6.07) is 5.21. The molecule has 8 nitrogen and oxygen atoms in total. The molecule has 1 aliphatic heterocycles. The highest BCUT2D eigenvalue weighted by atomic mass is 35.5. The maximum absolute atomic E-state index is 13.4. The van der Waals surface area contributed by atoms with Gasteiger partial charge in [-0.25, -0.2) is 8.70 Å². The third-order valence-electron chi connectivity index (χ3n) is 4.49. The van der Waals surface area contributed by atoms with Crippen molar-refractivity contribution in [2.24, 2.45) is 11.4 Å². The highest BCUT2D eigenvalue weighted by Crippen LogP contribution is 2.37. The number of allylic oxidation sites excluding steroid dienone is 1. The summed E-state index contributed by atoms with van der Waals surface area (Å²) in [7, 11) is -1.20. The number of carbonyl (C=O) groups is 1. The third kappa shape index (κ3) is 4.29. The fourth-order valence-electron chi connectivity index (χ4n) is 2.88. The largest absolute Gasteiger partial charge is 0.345 e. The molecule has 0 atom stereocenters. The number of hydrogen-bond donors (Lipinski definition) is 1. The number of halogens is 3. The van der Waals surface area contributed by atoms with Crippen molar-refractivity contribution in [2.75, 3.05) is 12.4 Å². The van der Waals surface area contributed by atoms with E-state index in [2.05, 4.69) is 14.8 Å². The summed E-state index contributed by atoms with van der Waals surface area (Å²) in [5.74, 6) is -1.38. The summed E-state index contributed by atoms with van der Waals surface area (Å²) in [5.41, 5.74) is 0.853. The van der Waals surface area contributed by atoms with E-state index >= 15 is 0 Å². The highest BCUT2D eigenvalue weighted by Gasteiger charge is 2.31. The molecule has 0 fully saturated rings. The number of carbonyl (C=O) groups excluding carboxylic acids is 1. The molecule has 1 amide bonds. The zero-order chi connectivity index (χ0) is 23.2. The van der Waals surface area contributed by atoms with Crippen molar-refractivity contribution in [3.63, 3.8) is 0 Å². The number of nitrogens with zero attached hydrogens (tertiary/aromatic N) is 4. The first kappa shape index (κ1) is 22.5. The number of rotatable bonds is 4. The molecule has 1 N–H and O–H groups in total. The summed E-state index contributed by atoms with van der Waals surface area (Å²) in [5, 5.41) is 6.84. The summed E-state index contributed by atoms with van der Waals surface area (Å²) in [6.45, 7) is 0. The van der Waals surface area contributed by atoms with Gasteiger partial charge >= 0.3 is 10.2 Å². The van der Waals surface area contributed by atoms with E-state index in [0.717, 1.165) is 15.9 Å². The van der Waals surface area contributed by atoms with Crippen LogP contribution in [0.5, 0.6) is 0 Å². The van der Waals surface area contributed by atoms with Gasteiger partial charge in [-0.1, -0.05) is 23.2 Å². The van der Waals surface area contributed by atoms with Crippen molar-refractivity contribution < 1.29 is 17.6 Å². The molecule has 166 valence electrons. The highest BCUT2D eigenvalue weighted by molar-refractivity contribution is 7.88. The zero-order valence-electron chi connectivity index (χ0n) is 16.5. The Bertz CT molecular complexity index is 1410. The van der Waals surface area contributed by atoms with Crippen molar-refractivity contribution in [1.82, 2.24) is 14.1 Å². The van der Waals surface area contributed by atoms with E-state index in [-0.39, 0.29) is 22.1 Å². The molecule has 4 rings (SSSR count). The van der Waals surface area contributed by atoms with Gasteiger partial charge < -0.3 is 5.32 Å². The normalized spacial score (nSPS) is 15.3. The fourth-order valence-corrected chi connectivity index (χ4v) is 5.41. The fraction of sp³-hybridized carbons (Fsp3) is 0.105. The van der Waals surface area contributed by atoms with Gasteiger partial charge in [0.25, 0.3) is 5.91 Å². The number of aryl methyl sites for hydroxylation is 1. The number of likely N-dealkylation sites (N-methyl/N-ethyl adjacent to an activating group) is 1. The Morgan fingerprint density at radius 3 is 2.59 bits per heavy atom. The van der Waals surface area contributed by atoms with E-state index in [9.17, 15) is 17.6 Å². The Morgan fingerprint density at radius 1 is 1.19 bits per heavy atom. The van der Waals surface area contributed by atoms with Gasteiger partial charge in [0.2, 0.25) is 0 Å². The Balaban J connectivity index is 1.70. The number of benzene rings is 1. The molecule has 1 aromatic carbocycles. The number of nitrogens with one attached hydrogen (secondary N) is 1. The second-order valence-electron chi connectivity index (χ2n) is 6.72. The molecular weight excluding hydrogens is 500 g/mol. The molecule has 2 aromatic heterocycles. The van der Waals surface area contributed by atoms with Crippen LogP contribution in [0.3, 0.4) is 0 Å². The van der Waals surface area contributed by atoms with Gasteiger partial charge in [0.15, 0.2) is 0 Å². The van der Waals surface area contributed by atoms with Crippen LogP contribution >= 0.6 is 34.5 Å². The van der Waals surface area contributed by atoms with Crippen molar-refractivity contribution in [3.05, 3.63) is 69.2 Å². The van der Waals surface area contributed by atoms with Crippen molar-refractivity contribution in [1.29, 1.82) is 0 Å². The molecule has 3 heterocycles. The minimum Gasteiger partial charge on any atom is -0.321 e. The van der Waals surface area contributed by atoms with Crippen LogP contribution < -0.4 is 5.32 Å². The van der Waals surface area contributed by atoms with E-state index < -0.39 is 21.9 Å². The molecule has 13 heteroatoms. The lowest BCUT2D eigenvalue weighted by Gasteiger charge is -2.23. The van der Waals surface area contributed by atoms with Crippen LogP contribution in [0.25, 0.3) is 10.4 Å². The Hall–Kier alpha value is -2.73. The van der Waals surface area contributed by atoms with Crippen molar-refractivity contribution in [2.45, 2.75) is 0 Å². The summed E-state index contributed by atoms with van der Waals surface area (Å²) >= 11 is 13.3. The van der Waals surface area contributed by atoms with Gasteiger partial charge in [-0.15, -0.1) is 15.7 Å². The SMILES string of the molecule is CN1C(C(=O)Nc2ccc(F)c(Cl)c2)=CC(c2cc(Cl)c(-c3cnn(C)c3)s2)=NS1(=O)=O. The standard InChI is InChI=1S/C19H14Cl2FN5O3S2/c1-26-9-10(8-23-26)18-13(21)6-17(31-18)15-7-16(27(2)32(29,30)25-15)19(28)24-11-3-4-14(22)12(20)5-11/h3-9H,1-2H3,(H,24,28). The Labute approximate surface area is 196 Å². The van der Waals surface area contributed by atoms with Crippen LogP contribution in [0.1, 0.15) is 4.88 Å². The monoisotopic (exact) mass is 513 g/mol. The lowest BCUT2D eigenvalue weighted by Crippen LogP contribution is -2.35. The summed E-state index contributed by atoms with van der Waals surface area (Å²) in [4.78, 5) is 14.0. The predicted octanol–water partition coefficient (Wildman–Crippen LogP) is 4.10. The van der Waals surface area contributed by atoms with Crippen LogP contribution in [-0.2, 0) is 22.1 Å². The lowest BCUT2D eigenvalue weighted by atomic mass is 10.2. The first-order chi connectivity index (χ1) is 15.0. The summed E-state index contributed by atoms with van der Waals surface area (Å²) < 4.78 is 44.8. The molecule has 0 saturated carbocycles. The molecule has 3 aromatic rings. The average Bonchev–Trinajstić information content (AvgIpc) is 3.32. The lowest BCUT2D eigenvalue weighted by molar-refractivity contribution is -0.113. The molecule has 0 saturated heterocycles. The molecule has 0 aliphatic carbocycles. The van der Waals surface area contributed by atoms with Gasteiger partial charge in [0.1, 0.15) is 11.5 Å². The van der Waals surface area contributed by atoms with Crippen LogP contribution in [-0.4, -0.2) is 41.2 Å². The van der Waals surface area contributed by atoms with Gasteiger partial charge in [0, 0.05) is 31.5 Å². The molecule has 0 unspecified atom stereocenters. The number of anilines is 1. The van der Waals surface area contributed by atoms with Gasteiger partial charge in [-0.2, -0.15) is 13.5 Å². The van der Waals surface area contributed by atoms with Crippen molar-refractivity contribution in [3.8, 4) is 10.4 Å². The quantitative estimate of drug-likeness (QED) is 0.567. The van der Waals surface area contributed by atoms with Crippen molar-refractivity contribution >= 4 is 62.1 Å². The second-order valence-corrected chi connectivity index (χ2v) is 10.2. The number of aromatic nitrogens is 2. The first-order valence-corrected chi connectivity index (χ1v) is 11.9. The van der Waals surface area contributed by atoms with Crippen LogP contribution in [0, 0.1) is 5.82 Å². The zero-order valence-corrected chi connectivity index (χ0v) is 19.7. The van der Waals surface area contributed by atoms with Crippen LogP contribution in [0.15, 0.2) is 52.8 Å². The Kier molecular flexibility index (Phi) is 5.84. The Morgan fingerprint density at radius 2 is 1.94 bits per heavy atom. The molecule has 32 heavy (non-hydrogen) atoms. The molecule has 0 radical (unpaired) electrons. The van der Waals surface area contributed by atoms with E-state index in [1.54, 1.807) is 30.2 Å². The second kappa shape index (κ2) is 8.32. The van der Waals surface area contributed by atoms with Crippen LogP contribution in [0.2, 0.25) is 10.0 Å². The number of amides is 1. The van der Waals surface area contributed by atoms with Crippen LogP contribution in [0.4, 0.5) is 10.1 Å². The van der Waals surface area contributed by atoms with Gasteiger partial charge in [0.05, 0.1) is 31.7 Å². The smallest absolute Gasteiger partial charge is 0.321 e. The molecular formula is C19H14Cl2FN5O3S2. The molecule has 0 spiro atoms. The summed E-state index contributed by atoms with van der Waals surface area (Å²) in [6.07, 6.45) is 4.76. The van der Waals surface area contributed by atoms with E-state index in [4.69, 9.17) is 23.2 Å². The van der Waals surface area contributed by atoms with Gasteiger partial charge in [-0.05, 0) is 30.3 Å². The average molecular weight is 514 g/mol. The number of thiophene rings is 1. The molecule has 1 aliphatic rings.